The summed E-state index contributed by atoms with van der Waals surface area (Å²) in [6, 6.07) is 18.6. The molecule has 0 unspecified atom stereocenters. The standard InChI is InChI=1S/C31H32N2O4S2/c1-19-9-12-25(13-10-19)38-28-18-26(39(35,36)37)17-24-16-21(3)30(31(34)29(24)28)33-32-27-14-11-23(15-20(27)2)22-7-5-4-6-8-22/h9-18,22,34H,4-8H2,1-3H3,(H,35,36,37)/b33-32+. The second kappa shape index (κ2) is 11.1. The molecule has 0 amide bonds. The highest BCUT2D eigenvalue weighted by molar-refractivity contribution is 7.99. The maximum absolute atomic E-state index is 12.0. The molecular weight excluding hydrogens is 528 g/mol. The fraction of sp³-hybridized carbons (Fsp3) is 0.290. The average molecular weight is 561 g/mol. The minimum atomic E-state index is -4.45. The third kappa shape index (κ3) is 6.03. The lowest BCUT2D eigenvalue weighted by Gasteiger charge is -2.22. The Morgan fingerprint density at radius 2 is 1.56 bits per heavy atom. The number of hydrogen-bond donors (Lipinski definition) is 2. The SMILES string of the molecule is Cc1ccc(Sc2cc(S(=O)(=O)O)cc3cc(C)c(/N=N/c4ccc(C5CCCCC5)cc4C)c(O)c23)cc1. The topological polar surface area (TPSA) is 99.3 Å². The Bertz CT molecular complexity index is 1670. The van der Waals surface area contributed by atoms with Crippen LogP contribution >= 0.6 is 11.8 Å². The Balaban J connectivity index is 1.56. The fourth-order valence-corrected chi connectivity index (χ4v) is 6.90. The first-order valence-electron chi connectivity index (χ1n) is 13.1. The van der Waals surface area contributed by atoms with Crippen LogP contribution in [0.5, 0.6) is 5.75 Å². The number of benzene rings is 4. The van der Waals surface area contributed by atoms with Gasteiger partial charge in [-0.05, 0) is 98.0 Å². The summed E-state index contributed by atoms with van der Waals surface area (Å²) in [5.74, 6) is 0.522. The number of hydrogen-bond acceptors (Lipinski definition) is 6. The Kier molecular flexibility index (Phi) is 7.80. The summed E-state index contributed by atoms with van der Waals surface area (Å²) in [5.41, 5.74) is 5.18. The van der Waals surface area contributed by atoms with Gasteiger partial charge in [0.15, 0.2) is 5.75 Å². The van der Waals surface area contributed by atoms with Crippen molar-refractivity contribution in [3.05, 3.63) is 82.9 Å². The highest BCUT2D eigenvalue weighted by Crippen LogP contribution is 2.46. The third-order valence-electron chi connectivity index (χ3n) is 7.41. The summed E-state index contributed by atoms with van der Waals surface area (Å²) in [6.07, 6.45) is 6.33. The summed E-state index contributed by atoms with van der Waals surface area (Å²) in [7, 11) is -4.45. The molecule has 0 aliphatic heterocycles. The van der Waals surface area contributed by atoms with Gasteiger partial charge in [-0.3, -0.25) is 4.55 Å². The van der Waals surface area contributed by atoms with Gasteiger partial charge in [0.05, 0.1) is 10.6 Å². The van der Waals surface area contributed by atoms with E-state index in [2.05, 4.69) is 22.4 Å². The van der Waals surface area contributed by atoms with Crippen LogP contribution in [0.2, 0.25) is 0 Å². The summed E-state index contributed by atoms with van der Waals surface area (Å²) in [6.45, 7) is 5.81. The molecule has 4 aromatic rings. The predicted molar refractivity (Wildman–Crippen MR) is 157 cm³/mol. The van der Waals surface area contributed by atoms with E-state index in [1.807, 2.05) is 44.2 Å². The van der Waals surface area contributed by atoms with Gasteiger partial charge in [0, 0.05) is 15.2 Å². The van der Waals surface area contributed by atoms with Gasteiger partial charge < -0.3 is 5.11 Å². The molecule has 0 aromatic heterocycles. The van der Waals surface area contributed by atoms with E-state index in [0.29, 0.717) is 32.8 Å². The molecule has 1 aliphatic rings. The Morgan fingerprint density at radius 3 is 2.23 bits per heavy atom. The number of phenols is 1. The summed E-state index contributed by atoms with van der Waals surface area (Å²) >= 11 is 1.31. The van der Waals surface area contributed by atoms with Gasteiger partial charge in [0.1, 0.15) is 5.69 Å². The molecule has 0 radical (unpaired) electrons. The van der Waals surface area contributed by atoms with Crippen molar-refractivity contribution in [1.82, 2.24) is 0 Å². The Morgan fingerprint density at radius 1 is 0.846 bits per heavy atom. The maximum atomic E-state index is 12.0. The molecule has 8 heteroatoms. The van der Waals surface area contributed by atoms with Crippen LogP contribution in [0.4, 0.5) is 11.4 Å². The van der Waals surface area contributed by atoms with E-state index in [9.17, 15) is 18.1 Å². The fourth-order valence-electron chi connectivity index (χ4n) is 5.26. The lowest BCUT2D eigenvalue weighted by Crippen LogP contribution is -2.04. The molecule has 0 saturated heterocycles. The highest BCUT2D eigenvalue weighted by atomic mass is 32.2. The monoisotopic (exact) mass is 560 g/mol. The minimum Gasteiger partial charge on any atom is -0.505 e. The number of aromatic hydroxyl groups is 1. The van der Waals surface area contributed by atoms with Crippen molar-refractivity contribution in [1.29, 1.82) is 0 Å². The van der Waals surface area contributed by atoms with Gasteiger partial charge in [-0.25, -0.2) is 0 Å². The van der Waals surface area contributed by atoms with Crippen LogP contribution in [0.25, 0.3) is 10.8 Å². The maximum Gasteiger partial charge on any atom is 0.294 e. The van der Waals surface area contributed by atoms with Crippen LogP contribution < -0.4 is 0 Å². The smallest absolute Gasteiger partial charge is 0.294 e. The number of azo groups is 1. The van der Waals surface area contributed by atoms with Crippen LogP contribution in [0.15, 0.2) is 85.6 Å². The molecule has 0 heterocycles. The zero-order valence-electron chi connectivity index (χ0n) is 22.3. The number of rotatable bonds is 6. The Hall–Kier alpha value is -3.20. The number of phenolic OH excluding ortho intramolecular Hbond substituents is 1. The second-order valence-corrected chi connectivity index (χ2v) is 12.9. The van der Waals surface area contributed by atoms with Crippen molar-refractivity contribution >= 4 is 44.0 Å². The Labute approximate surface area is 233 Å². The lowest BCUT2D eigenvalue weighted by atomic mass is 9.83. The van der Waals surface area contributed by atoms with E-state index in [0.717, 1.165) is 21.7 Å². The number of aryl methyl sites for hydroxylation is 3. The van der Waals surface area contributed by atoms with E-state index in [1.165, 1.54) is 61.6 Å². The van der Waals surface area contributed by atoms with E-state index in [-0.39, 0.29) is 10.6 Å². The van der Waals surface area contributed by atoms with Crippen LogP contribution in [0, 0.1) is 20.8 Å². The lowest BCUT2D eigenvalue weighted by molar-refractivity contribution is 0.443. The molecular formula is C31H32N2O4S2. The first kappa shape index (κ1) is 27.4. The summed E-state index contributed by atoms with van der Waals surface area (Å²) in [4.78, 5) is 1.13. The molecule has 1 aliphatic carbocycles. The quantitative estimate of drug-likeness (QED) is 0.181. The molecule has 2 N–H and O–H groups in total. The van der Waals surface area contributed by atoms with E-state index in [1.54, 1.807) is 13.0 Å². The molecule has 4 aromatic carbocycles. The first-order chi connectivity index (χ1) is 18.6. The average Bonchev–Trinajstić information content (AvgIpc) is 2.90. The largest absolute Gasteiger partial charge is 0.505 e. The van der Waals surface area contributed by atoms with Crippen molar-refractivity contribution in [3.63, 3.8) is 0 Å². The van der Waals surface area contributed by atoms with Crippen molar-refractivity contribution in [2.75, 3.05) is 0 Å². The van der Waals surface area contributed by atoms with Gasteiger partial charge in [0.25, 0.3) is 10.1 Å². The van der Waals surface area contributed by atoms with Crippen LogP contribution in [0.1, 0.15) is 60.3 Å². The molecule has 0 bridgehead atoms. The third-order valence-corrected chi connectivity index (χ3v) is 9.30. The summed E-state index contributed by atoms with van der Waals surface area (Å²) in [5, 5.41) is 21.3. The van der Waals surface area contributed by atoms with Crippen LogP contribution in [-0.2, 0) is 10.1 Å². The number of fused-ring (bicyclic) bond motifs is 1. The van der Waals surface area contributed by atoms with E-state index in [4.69, 9.17) is 0 Å². The zero-order valence-corrected chi connectivity index (χ0v) is 23.9. The normalized spacial score (nSPS) is 14.9. The summed E-state index contributed by atoms with van der Waals surface area (Å²) < 4.78 is 33.8. The van der Waals surface area contributed by atoms with E-state index < -0.39 is 10.1 Å². The molecule has 202 valence electrons. The van der Waals surface area contributed by atoms with Crippen LogP contribution in [0.3, 0.4) is 0 Å². The number of nitrogens with zero attached hydrogens (tertiary/aromatic N) is 2. The van der Waals surface area contributed by atoms with Gasteiger partial charge >= 0.3 is 0 Å². The molecule has 6 nitrogen and oxygen atoms in total. The molecule has 0 atom stereocenters. The highest BCUT2D eigenvalue weighted by Gasteiger charge is 2.20. The van der Waals surface area contributed by atoms with Gasteiger partial charge in [0.2, 0.25) is 0 Å². The van der Waals surface area contributed by atoms with Gasteiger partial charge in [-0.1, -0.05) is 60.9 Å². The molecule has 1 saturated carbocycles. The predicted octanol–water partition coefficient (Wildman–Crippen LogP) is 9.33. The zero-order chi connectivity index (χ0) is 27.7. The van der Waals surface area contributed by atoms with Gasteiger partial charge in [-0.2, -0.15) is 13.5 Å². The van der Waals surface area contributed by atoms with Crippen molar-refractivity contribution < 1.29 is 18.1 Å². The second-order valence-electron chi connectivity index (χ2n) is 10.4. The molecule has 39 heavy (non-hydrogen) atoms. The van der Waals surface area contributed by atoms with Crippen molar-refractivity contribution in [2.24, 2.45) is 10.2 Å². The van der Waals surface area contributed by atoms with E-state index >= 15 is 0 Å². The molecule has 1 fully saturated rings. The van der Waals surface area contributed by atoms with Crippen molar-refractivity contribution in [3.8, 4) is 5.75 Å². The van der Waals surface area contributed by atoms with Gasteiger partial charge in [-0.15, -0.1) is 5.11 Å². The van der Waals surface area contributed by atoms with Crippen LogP contribution in [-0.4, -0.2) is 18.1 Å². The van der Waals surface area contributed by atoms with Crippen molar-refractivity contribution in [2.45, 2.75) is 73.5 Å². The first-order valence-corrected chi connectivity index (χ1v) is 15.4. The molecule has 0 spiro atoms. The minimum absolute atomic E-state index is 0.0817. The molecule has 5 rings (SSSR count).